The average Bonchev–Trinajstić information content (AvgIpc) is 2.59. The highest BCUT2D eigenvalue weighted by Gasteiger charge is 2.17. The highest BCUT2D eigenvalue weighted by molar-refractivity contribution is 7.89. The van der Waals surface area contributed by atoms with Crippen molar-refractivity contribution >= 4 is 27.8 Å². The number of amides is 1. The van der Waals surface area contributed by atoms with Gasteiger partial charge < -0.3 is 10.2 Å². The van der Waals surface area contributed by atoms with Gasteiger partial charge in [-0.1, -0.05) is 23.4 Å². The molecule has 138 valence electrons. The fourth-order valence-corrected chi connectivity index (χ4v) is 2.87. The van der Waals surface area contributed by atoms with Gasteiger partial charge in [0.25, 0.3) is 5.91 Å². The van der Waals surface area contributed by atoms with Crippen molar-refractivity contribution in [1.82, 2.24) is 4.31 Å². The highest BCUT2D eigenvalue weighted by Crippen LogP contribution is 2.17. The zero-order valence-corrected chi connectivity index (χ0v) is 15.0. The predicted octanol–water partition coefficient (Wildman–Crippen LogP) is 2.07. The Hall–Kier alpha value is -2.78. The molecule has 2 aromatic carbocycles. The van der Waals surface area contributed by atoms with Gasteiger partial charge in [-0.05, 0) is 35.9 Å². The highest BCUT2D eigenvalue weighted by atomic mass is 32.2. The minimum atomic E-state index is -3.59. The van der Waals surface area contributed by atoms with Crippen LogP contribution in [0, 0.1) is 5.82 Å². The number of sulfonamides is 1. The second-order valence-electron chi connectivity index (χ2n) is 5.43. The molecule has 0 fully saturated rings. The molecule has 0 heterocycles. The van der Waals surface area contributed by atoms with E-state index in [4.69, 9.17) is 4.84 Å². The quantitative estimate of drug-likeness (QED) is 0.589. The number of carbonyl (C=O) groups is 1. The molecule has 0 aromatic heterocycles. The molecule has 0 radical (unpaired) electrons. The number of hydrogen-bond acceptors (Lipinski definition) is 5. The zero-order valence-electron chi connectivity index (χ0n) is 14.2. The Kier molecular flexibility index (Phi) is 6.42. The Bertz CT molecular complexity index is 914. The summed E-state index contributed by atoms with van der Waals surface area (Å²) in [7, 11) is -0.750. The number of carbonyl (C=O) groups excluding carboxylic acids is 1. The van der Waals surface area contributed by atoms with E-state index < -0.39 is 21.7 Å². The van der Waals surface area contributed by atoms with Gasteiger partial charge in [-0.25, -0.2) is 17.1 Å². The van der Waals surface area contributed by atoms with Crippen LogP contribution in [0.2, 0.25) is 0 Å². The summed E-state index contributed by atoms with van der Waals surface area (Å²) in [5.41, 5.74) is 0.808. The smallest absolute Gasteiger partial charge is 0.265 e. The van der Waals surface area contributed by atoms with Gasteiger partial charge in [-0.2, -0.15) is 0 Å². The minimum absolute atomic E-state index is 0.0605. The summed E-state index contributed by atoms with van der Waals surface area (Å²) in [6.07, 6.45) is 1.28. The zero-order chi connectivity index (χ0) is 19.2. The third-order valence-electron chi connectivity index (χ3n) is 3.22. The summed E-state index contributed by atoms with van der Waals surface area (Å²) >= 11 is 0. The fourth-order valence-electron chi connectivity index (χ4n) is 1.92. The molecule has 0 aliphatic carbocycles. The van der Waals surface area contributed by atoms with Crippen LogP contribution in [-0.4, -0.2) is 45.5 Å². The lowest BCUT2D eigenvalue weighted by Gasteiger charge is -2.12. The maximum atomic E-state index is 13.0. The number of nitrogens with one attached hydrogen (secondary N) is 1. The molecule has 7 nitrogen and oxygen atoms in total. The van der Waals surface area contributed by atoms with Crippen molar-refractivity contribution in [3.8, 4) is 0 Å². The Morgan fingerprint density at radius 2 is 1.96 bits per heavy atom. The van der Waals surface area contributed by atoms with Gasteiger partial charge in [-0.15, -0.1) is 0 Å². The van der Waals surface area contributed by atoms with Crippen molar-refractivity contribution in [2.24, 2.45) is 5.16 Å². The van der Waals surface area contributed by atoms with E-state index in [9.17, 15) is 17.6 Å². The van der Waals surface area contributed by atoms with Gasteiger partial charge in [0, 0.05) is 19.8 Å². The number of rotatable bonds is 7. The monoisotopic (exact) mass is 379 g/mol. The number of hydrogen-bond donors (Lipinski definition) is 1. The molecule has 0 aliphatic rings. The first-order chi connectivity index (χ1) is 12.3. The molecule has 2 aromatic rings. The van der Waals surface area contributed by atoms with Gasteiger partial charge >= 0.3 is 0 Å². The third-order valence-corrected chi connectivity index (χ3v) is 5.03. The topological polar surface area (TPSA) is 88.1 Å². The summed E-state index contributed by atoms with van der Waals surface area (Å²) < 4.78 is 38.2. The Balaban J connectivity index is 1.92. The third kappa shape index (κ3) is 5.36. The van der Waals surface area contributed by atoms with Crippen LogP contribution in [0.25, 0.3) is 0 Å². The lowest BCUT2D eigenvalue weighted by Crippen LogP contribution is -2.22. The summed E-state index contributed by atoms with van der Waals surface area (Å²) in [4.78, 5) is 16.8. The first-order valence-electron chi connectivity index (χ1n) is 7.52. The maximum absolute atomic E-state index is 13.0. The average molecular weight is 379 g/mol. The van der Waals surface area contributed by atoms with E-state index in [-0.39, 0.29) is 11.5 Å². The van der Waals surface area contributed by atoms with E-state index in [0.717, 1.165) is 4.31 Å². The van der Waals surface area contributed by atoms with E-state index in [0.29, 0.717) is 11.3 Å². The van der Waals surface area contributed by atoms with E-state index in [1.165, 1.54) is 56.7 Å². The molecule has 0 saturated heterocycles. The number of nitrogens with zero attached hydrogens (tertiary/aromatic N) is 2. The second-order valence-corrected chi connectivity index (χ2v) is 7.58. The van der Waals surface area contributed by atoms with E-state index >= 15 is 0 Å². The molecule has 0 atom stereocenters. The SMILES string of the molecule is CN(C)S(=O)(=O)c1cccc(NC(=O)CO/N=C\c2cccc(F)c2)c1. The molecule has 1 amide bonds. The van der Waals surface area contributed by atoms with Crippen LogP contribution < -0.4 is 5.32 Å². The Morgan fingerprint density at radius 3 is 2.65 bits per heavy atom. The molecular weight excluding hydrogens is 361 g/mol. The lowest BCUT2D eigenvalue weighted by atomic mass is 10.2. The number of oxime groups is 1. The number of halogens is 1. The molecule has 0 aliphatic heterocycles. The molecule has 0 saturated carbocycles. The van der Waals surface area contributed by atoms with Crippen molar-refractivity contribution in [2.75, 3.05) is 26.0 Å². The standard InChI is InChI=1S/C17H18FN3O4S/c1-21(2)26(23,24)16-8-4-7-15(10-16)20-17(22)12-25-19-11-13-5-3-6-14(18)9-13/h3-11H,12H2,1-2H3,(H,20,22)/b19-11-. The van der Waals surface area contributed by atoms with Crippen LogP contribution in [0.4, 0.5) is 10.1 Å². The van der Waals surface area contributed by atoms with E-state index in [1.54, 1.807) is 12.1 Å². The van der Waals surface area contributed by atoms with Crippen LogP contribution in [0.5, 0.6) is 0 Å². The molecule has 26 heavy (non-hydrogen) atoms. The minimum Gasteiger partial charge on any atom is -0.386 e. The number of benzene rings is 2. The normalized spacial score (nSPS) is 11.7. The van der Waals surface area contributed by atoms with Crippen molar-refractivity contribution < 1.29 is 22.4 Å². The van der Waals surface area contributed by atoms with Gasteiger partial charge in [0.15, 0.2) is 6.61 Å². The van der Waals surface area contributed by atoms with Crippen molar-refractivity contribution in [1.29, 1.82) is 0 Å². The molecule has 9 heteroatoms. The van der Waals surface area contributed by atoms with Crippen LogP contribution in [-0.2, 0) is 19.7 Å². The first kappa shape index (κ1) is 19.5. The van der Waals surface area contributed by atoms with Crippen LogP contribution in [0.1, 0.15) is 5.56 Å². The van der Waals surface area contributed by atoms with E-state index in [1.807, 2.05) is 0 Å². The lowest BCUT2D eigenvalue weighted by molar-refractivity contribution is -0.120. The second kappa shape index (κ2) is 8.54. The Labute approximate surface area is 151 Å². The first-order valence-corrected chi connectivity index (χ1v) is 8.96. The summed E-state index contributed by atoms with van der Waals surface area (Å²) in [5, 5.41) is 6.11. The van der Waals surface area contributed by atoms with Gasteiger partial charge in [-0.3, -0.25) is 4.79 Å². The molecule has 0 bridgehead atoms. The molecule has 0 spiro atoms. The Morgan fingerprint density at radius 1 is 1.23 bits per heavy atom. The van der Waals surface area contributed by atoms with Crippen molar-refractivity contribution in [2.45, 2.75) is 4.90 Å². The van der Waals surface area contributed by atoms with E-state index in [2.05, 4.69) is 10.5 Å². The maximum Gasteiger partial charge on any atom is 0.265 e. The van der Waals surface area contributed by atoms with Crippen LogP contribution in [0.3, 0.4) is 0 Å². The number of anilines is 1. The predicted molar refractivity (Wildman–Crippen MR) is 95.9 cm³/mol. The van der Waals surface area contributed by atoms with Crippen LogP contribution >= 0.6 is 0 Å². The molecule has 0 unspecified atom stereocenters. The van der Waals surface area contributed by atoms with Crippen molar-refractivity contribution in [3.05, 3.63) is 59.9 Å². The molecule has 1 N–H and O–H groups in total. The van der Waals surface area contributed by atoms with Crippen molar-refractivity contribution in [3.63, 3.8) is 0 Å². The van der Waals surface area contributed by atoms with Crippen LogP contribution in [0.15, 0.2) is 58.6 Å². The molecular formula is C17H18FN3O4S. The van der Waals surface area contributed by atoms with Gasteiger partial charge in [0.05, 0.1) is 11.1 Å². The summed E-state index contributed by atoms with van der Waals surface area (Å²) in [6, 6.07) is 11.6. The largest absolute Gasteiger partial charge is 0.386 e. The summed E-state index contributed by atoms with van der Waals surface area (Å²) in [5.74, 6) is -0.917. The summed E-state index contributed by atoms with van der Waals surface area (Å²) in [6.45, 7) is -0.378. The van der Waals surface area contributed by atoms with Gasteiger partial charge in [0.1, 0.15) is 5.82 Å². The van der Waals surface area contributed by atoms with Gasteiger partial charge in [0.2, 0.25) is 10.0 Å². The fraction of sp³-hybridized carbons (Fsp3) is 0.176. The molecule has 2 rings (SSSR count).